The highest BCUT2D eigenvalue weighted by Crippen LogP contribution is 1.78. The quantitative estimate of drug-likeness (QED) is 0.574. The average molecular weight is 131 g/mol. The maximum Gasteiger partial charge on any atom is 0.407 e. The first-order chi connectivity index (χ1) is 4.20. The molecule has 0 aromatic carbocycles. The number of carbonyl (C=O) groups excluding carboxylic acids is 1. The molecule has 0 aliphatic heterocycles. The first kappa shape index (κ1) is 8.23. The molecular formula is C5H11N2O2. The van der Waals surface area contributed by atoms with Gasteiger partial charge in [-0.15, -0.1) is 0 Å². The highest BCUT2D eigenvalue weighted by molar-refractivity contribution is 5.67. The highest BCUT2D eigenvalue weighted by atomic mass is 16.5. The normalized spacial score (nSPS) is 12.3. The molecule has 0 aromatic heterocycles. The topological polar surface area (TPSA) is 62.1 Å². The summed E-state index contributed by atoms with van der Waals surface area (Å²) in [6.07, 6.45) is -0.477. The van der Waals surface area contributed by atoms with Crippen LogP contribution in [0.2, 0.25) is 0 Å². The number of hydrogen-bond donors (Lipinski definition) is 1. The average Bonchev–Trinajstić information content (AvgIpc) is 1.87. The van der Waals surface area contributed by atoms with Crippen molar-refractivity contribution in [2.24, 2.45) is 0 Å². The van der Waals surface area contributed by atoms with E-state index in [9.17, 15) is 4.79 Å². The molecule has 0 aliphatic rings. The van der Waals surface area contributed by atoms with Gasteiger partial charge in [-0.25, -0.2) is 4.79 Å². The van der Waals surface area contributed by atoms with Gasteiger partial charge in [0.15, 0.2) is 0 Å². The van der Waals surface area contributed by atoms with Crippen molar-refractivity contribution in [2.75, 3.05) is 13.7 Å². The minimum atomic E-state index is -0.477. The fourth-order valence-corrected chi connectivity index (χ4v) is 0.311. The molecule has 4 heteroatoms. The van der Waals surface area contributed by atoms with Crippen LogP contribution < -0.4 is 11.1 Å². The zero-order valence-electron chi connectivity index (χ0n) is 5.60. The zero-order valence-corrected chi connectivity index (χ0v) is 5.60. The number of alkyl carbamates (subject to hydrolysis) is 1. The van der Waals surface area contributed by atoms with Gasteiger partial charge in [0, 0.05) is 12.6 Å². The Labute approximate surface area is 54.4 Å². The number of nitrogens with one attached hydrogen (secondary N) is 2. The maximum atomic E-state index is 10.4. The Bertz CT molecular complexity index is 95.0. The Morgan fingerprint density at radius 2 is 2.44 bits per heavy atom. The largest absolute Gasteiger partial charge is 0.453 e. The molecule has 53 valence electrons. The summed E-state index contributed by atoms with van der Waals surface area (Å²) in [6.45, 7) is 1.92. The van der Waals surface area contributed by atoms with Crippen LogP contribution in [0.25, 0.3) is 0 Å². The van der Waals surface area contributed by atoms with E-state index in [-0.39, 0.29) is 12.6 Å². The van der Waals surface area contributed by atoms with Crippen molar-refractivity contribution >= 4 is 6.09 Å². The van der Waals surface area contributed by atoms with Crippen LogP contribution in [0.3, 0.4) is 0 Å². The first-order valence-electron chi connectivity index (χ1n) is 2.69. The summed E-state index contributed by atoms with van der Waals surface area (Å²) in [6, 6.07) is -0.127. The van der Waals surface area contributed by atoms with Crippen molar-refractivity contribution in [3.05, 3.63) is 0 Å². The monoisotopic (exact) mass is 131 g/mol. The molecular weight excluding hydrogens is 120 g/mol. The molecule has 2 N–H and O–H groups in total. The van der Waals surface area contributed by atoms with Crippen molar-refractivity contribution in [3.63, 3.8) is 0 Å². The van der Waals surface area contributed by atoms with Gasteiger partial charge < -0.3 is 10.1 Å². The molecule has 0 aromatic rings. The third-order valence-electron chi connectivity index (χ3n) is 0.856. The summed E-state index contributed by atoms with van der Waals surface area (Å²) in [4.78, 5) is 10.4. The minimum Gasteiger partial charge on any atom is -0.453 e. The highest BCUT2D eigenvalue weighted by Gasteiger charge is 2.02. The predicted octanol–water partition coefficient (Wildman–Crippen LogP) is 0.0138. The molecule has 1 radical (unpaired) electrons. The number of hydrogen-bond acceptors (Lipinski definition) is 2. The third kappa shape index (κ3) is 3.78. The molecule has 1 atom stereocenters. The smallest absolute Gasteiger partial charge is 0.407 e. The fraction of sp³-hybridized carbons (Fsp3) is 0.800. The van der Waals surface area contributed by atoms with Gasteiger partial charge in [0.1, 0.15) is 0 Å². The Balaban J connectivity index is 3.34. The van der Waals surface area contributed by atoms with Crippen LogP contribution in [0.15, 0.2) is 0 Å². The molecule has 9 heavy (non-hydrogen) atoms. The van der Waals surface area contributed by atoms with E-state index in [1.165, 1.54) is 7.11 Å². The van der Waals surface area contributed by atoms with E-state index in [0.717, 1.165) is 0 Å². The van der Waals surface area contributed by atoms with E-state index >= 15 is 0 Å². The van der Waals surface area contributed by atoms with E-state index in [1.807, 2.05) is 0 Å². The Hall–Kier alpha value is -0.770. The summed E-state index contributed by atoms with van der Waals surface area (Å²) in [5, 5.41) is 2.43. The van der Waals surface area contributed by atoms with E-state index in [4.69, 9.17) is 5.73 Å². The van der Waals surface area contributed by atoms with Gasteiger partial charge in [0.05, 0.1) is 7.11 Å². The van der Waals surface area contributed by atoms with Crippen molar-refractivity contribution in [1.29, 1.82) is 0 Å². The summed E-state index contributed by atoms with van der Waals surface area (Å²) in [5.74, 6) is 0. The number of methoxy groups -OCH3 is 1. The van der Waals surface area contributed by atoms with Gasteiger partial charge in [-0.3, -0.25) is 5.73 Å². The van der Waals surface area contributed by atoms with Crippen molar-refractivity contribution in [3.8, 4) is 0 Å². The Morgan fingerprint density at radius 3 is 2.78 bits per heavy atom. The van der Waals surface area contributed by atoms with Gasteiger partial charge in [-0.05, 0) is 6.92 Å². The van der Waals surface area contributed by atoms with Crippen LogP contribution in [0, 0.1) is 0 Å². The molecule has 0 bridgehead atoms. The lowest BCUT2D eigenvalue weighted by Crippen LogP contribution is -2.35. The Kier molecular flexibility index (Phi) is 3.79. The standard InChI is InChI=1S/C5H11N2O2/c1-4(3-6)7-5(8)9-2/h4,6H,3H2,1-2H3,(H,7,8). The molecule has 0 spiro atoms. The third-order valence-corrected chi connectivity index (χ3v) is 0.856. The van der Waals surface area contributed by atoms with Crippen LogP contribution in [-0.2, 0) is 4.74 Å². The molecule has 4 nitrogen and oxygen atoms in total. The van der Waals surface area contributed by atoms with Crippen LogP contribution in [0.1, 0.15) is 6.92 Å². The van der Waals surface area contributed by atoms with E-state index in [1.54, 1.807) is 6.92 Å². The summed E-state index contributed by atoms with van der Waals surface area (Å²) in [7, 11) is 1.30. The number of amides is 1. The van der Waals surface area contributed by atoms with Gasteiger partial charge in [-0.2, -0.15) is 0 Å². The SMILES string of the molecule is COC(=O)NC(C)C[NH]. The summed E-state index contributed by atoms with van der Waals surface area (Å²) < 4.78 is 4.29. The van der Waals surface area contributed by atoms with Gasteiger partial charge >= 0.3 is 6.09 Å². The summed E-state index contributed by atoms with van der Waals surface area (Å²) >= 11 is 0. The minimum absolute atomic E-state index is 0.127. The van der Waals surface area contributed by atoms with E-state index in [2.05, 4.69) is 10.1 Å². The molecule has 0 saturated carbocycles. The molecule has 0 aliphatic carbocycles. The number of carbonyl (C=O) groups is 1. The van der Waals surface area contributed by atoms with Crippen molar-refractivity contribution in [1.82, 2.24) is 11.1 Å². The van der Waals surface area contributed by atoms with Gasteiger partial charge in [0.2, 0.25) is 0 Å². The lowest BCUT2D eigenvalue weighted by atomic mass is 10.3. The first-order valence-corrected chi connectivity index (χ1v) is 2.69. The van der Waals surface area contributed by atoms with Crippen LogP contribution in [-0.4, -0.2) is 25.8 Å². The predicted molar refractivity (Wildman–Crippen MR) is 33.0 cm³/mol. The Morgan fingerprint density at radius 1 is 1.89 bits per heavy atom. The molecule has 0 fully saturated rings. The second-order valence-electron chi connectivity index (χ2n) is 1.74. The van der Waals surface area contributed by atoms with Crippen LogP contribution >= 0.6 is 0 Å². The van der Waals surface area contributed by atoms with Crippen LogP contribution in [0.5, 0.6) is 0 Å². The second-order valence-corrected chi connectivity index (χ2v) is 1.74. The van der Waals surface area contributed by atoms with Crippen LogP contribution in [0.4, 0.5) is 4.79 Å². The number of rotatable bonds is 2. The maximum absolute atomic E-state index is 10.4. The fourth-order valence-electron chi connectivity index (χ4n) is 0.311. The zero-order chi connectivity index (χ0) is 7.28. The molecule has 0 rings (SSSR count). The van der Waals surface area contributed by atoms with Crippen molar-refractivity contribution in [2.45, 2.75) is 13.0 Å². The second kappa shape index (κ2) is 4.14. The number of ether oxygens (including phenoxy) is 1. The molecule has 1 amide bonds. The van der Waals surface area contributed by atoms with E-state index in [0.29, 0.717) is 0 Å². The van der Waals surface area contributed by atoms with E-state index < -0.39 is 6.09 Å². The molecule has 0 saturated heterocycles. The summed E-state index contributed by atoms with van der Waals surface area (Å²) in [5.41, 5.74) is 6.81. The lowest BCUT2D eigenvalue weighted by Gasteiger charge is -2.07. The molecule has 0 heterocycles. The lowest BCUT2D eigenvalue weighted by molar-refractivity contribution is 0.167. The van der Waals surface area contributed by atoms with Crippen molar-refractivity contribution < 1.29 is 9.53 Å². The van der Waals surface area contributed by atoms with Gasteiger partial charge in [-0.1, -0.05) is 0 Å². The van der Waals surface area contributed by atoms with Gasteiger partial charge in [0.25, 0.3) is 0 Å². The molecule has 1 unspecified atom stereocenters.